The largest absolute Gasteiger partial charge is 0.342 e. The number of para-hydroxylation sites is 1. The molecule has 0 aliphatic rings. The molecule has 0 radical (unpaired) electrons. The zero-order valence-electron chi connectivity index (χ0n) is 20.8. The quantitative estimate of drug-likeness (QED) is 0.208. The number of nitrogens with zero attached hydrogens (tertiary/aromatic N) is 2. The zero-order valence-corrected chi connectivity index (χ0v) is 22.3. The van der Waals surface area contributed by atoms with Crippen LogP contribution in [0.1, 0.15) is 40.9 Å². The van der Waals surface area contributed by atoms with Gasteiger partial charge >= 0.3 is 0 Å². The first-order chi connectivity index (χ1) is 17.7. The van der Waals surface area contributed by atoms with Gasteiger partial charge in [0.2, 0.25) is 0 Å². The van der Waals surface area contributed by atoms with E-state index in [-0.39, 0.29) is 17.7 Å². The number of hydrogen-bond donors (Lipinski definition) is 2. The molecule has 0 bridgehead atoms. The predicted octanol–water partition coefficient (Wildman–Crippen LogP) is 6.21. The first-order valence-corrected chi connectivity index (χ1v) is 12.7. The second kappa shape index (κ2) is 11.6. The van der Waals surface area contributed by atoms with Crippen LogP contribution in [-0.4, -0.2) is 28.6 Å². The molecule has 4 aromatic rings. The highest BCUT2D eigenvalue weighted by Crippen LogP contribution is 2.25. The molecule has 0 spiro atoms. The van der Waals surface area contributed by atoms with Crippen molar-refractivity contribution >= 4 is 52.1 Å². The van der Waals surface area contributed by atoms with Crippen LogP contribution >= 0.6 is 23.2 Å². The van der Waals surface area contributed by atoms with Crippen molar-refractivity contribution in [3.8, 4) is 0 Å². The van der Waals surface area contributed by atoms with E-state index in [0.717, 1.165) is 27.6 Å². The first kappa shape index (κ1) is 26.5. The Kier molecular flexibility index (Phi) is 8.31. The highest BCUT2D eigenvalue weighted by molar-refractivity contribution is 6.35. The van der Waals surface area contributed by atoms with Crippen molar-refractivity contribution in [1.29, 1.82) is 0 Å². The fourth-order valence-corrected chi connectivity index (χ4v) is 4.59. The van der Waals surface area contributed by atoms with Crippen LogP contribution in [0.25, 0.3) is 10.9 Å². The number of carbonyl (C=O) groups is 2. The average Bonchev–Trinajstić information content (AvgIpc) is 3.21. The molecule has 1 heterocycles. The van der Waals surface area contributed by atoms with E-state index >= 15 is 0 Å². The van der Waals surface area contributed by atoms with Gasteiger partial charge in [-0.1, -0.05) is 79.0 Å². The Balaban J connectivity index is 1.50. The summed E-state index contributed by atoms with van der Waals surface area (Å²) in [4.78, 5) is 25.6. The van der Waals surface area contributed by atoms with Crippen LogP contribution in [0.3, 0.4) is 0 Å². The monoisotopic (exact) mass is 534 g/mol. The van der Waals surface area contributed by atoms with Crippen molar-refractivity contribution in [2.75, 3.05) is 0 Å². The SMILES string of the molecule is Cc1cccc(C(=O)N[C@@H](C(=O)N/N=C\c2cn(Cc3ccc(Cl)cc3Cl)c3ccccc23)C(C)C)c1. The van der Waals surface area contributed by atoms with Gasteiger partial charge in [-0.05, 0) is 48.7 Å². The molecule has 6 nitrogen and oxygen atoms in total. The Labute approximate surface area is 226 Å². The molecule has 0 unspecified atom stereocenters. The Morgan fingerprint density at radius 3 is 2.54 bits per heavy atom. The van der Waals surface area contributed by atoms with Gasteiger partial charge in [0.05, 0.1) is 6.21 Å². The molecule has 0 fully saturated rings. The molecule has 4 rings (SSSR count). The number of amides is 2. The number of aromatic nitrogens is 1. The summed E-state index contributed by atoms with van der Waals surface area (Å²) in [7, 11) is 0. The second-order valence-corrected chi connectivity index (χ2v) is 10.1. The number of fused-ring (bicyclic) bond motifs is 1. The van der Waals surface area contributed by atoms with Gasteiger partial charge < -0.3 is 9.88 Å². The summed E-state index contributed by atoms with van der Waals surface area (Å²) in [5.74, 6) is -0.815. The lowest BCUT2D eigenvalue weighted by Gasteiger charge is -2.20. The fraction of sp³-hybridized carbons (Fsp3) is 0.207. The summed E-state index contributed by atoms with van der Waals surface area (Å²) in [5.41, 5.74) is 6.86. The van der Waals surface area contributed by atoms with Gasteiger partial charge in [0.1, 0.15) is 6.04 Å². The molecule has 190 valence electrons. The van der Waals surface area contributed by atoms with Crippen LogP contribution in [0.5, 0.6) is 0 Å². The van der Waals surface area contributed by atoms with E-state index in [2.05, 4.69) is 20.4 Å². The van der Waals surface area contributed by atoms with Gasteiger partial charge in [0.25, 0.3) is 11.8 Å². The molecule has 37 heavy (non-hydrogen) atoms. The summed E-state index contributed by atoms with van der Waals surface area (Å²) in [6.45, 7) is 6.22. The number of benzene rings is 3. The van der Waals surface area contributed by atoms with Crippen LogP contribution in [-0.2, 0) is 11.3 Å². The predicted molar refractivity (Wildman–Crippen MR) is 151 cm³/mol. The van der Waals surface area contributed by atoms with E-state index in [4.69, 9.17) is 23.2 Å². The lowest BCUT2D eigenvalue weighted by atomic mass is 10.0. The van der Waals surface area contributed by atoms with Crippen molar-refractivity contribution in [3.63, 3.8) is 0 Å². The van der Waals surface area contributed by atoms with Gasteiger partial charge in [0.15, 0.2) is 0 Å². The Morgan fingerprint density at radius 2 is 1.81 bits per heavy atom. The van der Waals surface area contributed by atoms with Gasteiger partial charge in [-0.3, -0.25) is 9.59 Å². The fourth-order valence-electron chi connectivity index (χ4n) is 4.12. The minimum absolute atomic E-state index is 0.130. The highest BCUT2D eigenvalue weighted by atomic mass is 35.5. The number of carbonyl (C=O) groups excluding carboxylic acids is 2. The van der Waals surface area contributed by atoms with Crippen molar-refractivity contribution in [2.24, 2.45) is 11.0 Å². The molecule has 2 N–H and O–H groups in total. The molecular formula is C29H28Cl2N4O2. The summed E-state index contributed by atoms with van der Waals surface area (Å²) in [6, 6.07) is 19.9. The molecule has 0 saturated carbocycles. The van der Waals surface area contributed by atoms with Gasteiger partial charge in [0, 0.05) is 44.8 Å². The Hall–Kier alpha value is -3.61. The first-order valence-electron chi connectivity index (χ1n) is 11.9. The lowest BCUT2D eigenvalue weighted by molar-refractivity contribution is -0.123. The average molecular weight is 535 g/mol. The molecule has 0 saturated heterocycles. The van der Waals surface area contributed by atoms with E-state index < -0.39 is 6.04 Å². The summed E-state index contributed by atoms with van der Waals surface area (Å²) < 4.78 is 2.08. The molecule has 0 aliphatic heterocycles. The number of rotatable bonds is 8. The van der Waals surface area contributed by atoms with Gasteiger partial charge in [-0.2, -0.15) is 5.10 Å². The number of aryl methyl sites for hydroxylation is 1. The molecule has 1 aromatic heterocycles. The van der Waals surface area contributed by atoms with E-state index in [1.807, 2.05) is 75.5 Å². The minimum atomic E-state index is -0.737. The van der Waals surface area contributed by atoms with Crippen LogP contribution in [0.2, 0.25) is 10.0 Å². The normalized spacial score (nSPS) is 12.3. The number of hydrazone groups is 1. The maximum atomic E-state index is 12.9. The van der Waals surface area contributed by atoms with E-state index in [0.29, 0.717) is 22.2 Å². The standard InChI is InChI=1S/C29H28Cl2N4O2/c1-18(2)27(33-28(36)20-8-6-7-19(3)13-20)29(37)34-32-15-22-17-35(26-10-5-4-9-24(22)26)16-21-11-12-23(30)14-25(21)31/h4-15,17-18,27H,16H2,1-3H3,(H,33,36)(H,34,37)/b32-15-/t27-/m1/s1. The minimum Gasteiger partial charge on any atom is -0.342 e. The van der Waals surface area contributed by atoms with Crippen LogP contribution in [0.4, 0.5) is 0 Å². The van der Waals surface area contributed by atoms with Gasteiger partial charge in [-0.25, -0.2) is 5.43 Å². The molecule has 2 amide bonds. The van der Waals surface area contributed by atoms with Gasteiger partial charge in [-0.15, -0.1) is 0 Å². The van der Waals surface area contributed by atoms with E-state index in [1.165, 1.54) is 0 Å². The number of nitrogens with one attached hydrogen (secondary N) is 2. The highest BCUT2D eigenvalue weighted by Gasteiger charge is 2.24. The van der Waals surface area contributed by atoms with Crippen LogP contribution < -0.4 is 10.7 Å². The van der Waals surface area contributed by atoms with Crippen molar-refractivity contribution in [1.82, 2.24) is 15.3 Å². The molecule has 1 atom stereocenters. The van der Waals surface area contributed by atoms with Crippen LogP contribution in [0.15, 0.2) is 78.0 Å². The van der Waals surface area contributed by atoms with E-state index in [9.17, 15) is 9.59 Å². The smallest absolute Gasteiger partial charge is 0.262 e. The number of hydrogen-bond acceptors (Lipinski definition) is 3. The summed E-state index contributed by atoms with van der Waals surface area (Å²) in [6.07, 6.45) is 3.57. The van der Waals surface area contributed by atoms with Crippen molar-refractivity contribution in [3.05, 3.63) is 105 Å². The Bertz CT molecular complexity index is 1480. The van der Waals surface area contributed by atoms with Crippen LogP contribution in [0, 0.1) is 12.8 Å². The maximum absolute atomic E-state index is 12.9. The summed E-state index contributed by atoms with van der Waals surface area (Å²) in [5, 5.41) is 9.20. The topological polar surface area (TPSA) is 75.5 Å². The maximum Gasteiger partial charge on any atom is 0.262 e. The molecular weight excluding hydrogens is 507 g/mol. The molecule has 0 aliphatic carbocycles. The summed E-state index contributed by atoms with van der Waals surface area (Å²) >= 11 is 12.4. The third kappa shape index (κ3) is 6.40. The Morgan fingerprint density at radius 1 is 1.03 bits per heavy atom. The second-order valence-electron chi connectivity index (χ2n) is 9.26. The van der Waals surface area contributed by atoms with Crippen molar-refractivity contribution in [2.45, 2.75) is 33.4 Å². The number of halogens is 2. The third-order valence-electron chi connectivity index (χ3n) is 6.07. The zero-order chi connectivity index (χ0) is 26.5. The lowest BCUT2D eigenvalue weighted by Crippen LogP contribution is -2.48. The molecule has 3 aromatic carbocycles. The third-order valence-corrected chi connectivity index (χ3v) is 6.66. The van der Waals surface area contributed by atoms with Crippen molar-refractivity contribution < 1.29 is 9.59 Å². The molecule has 8 heteroatoms. The van der Waals surface area contributed by atoms with E-state index in [1.54, 1.807) is 24.4 Å².